The van der Waals surface area contributed by atoms with Gasteiger partial charge in [0.25, 0.3) is 0 Å². The highest BCUT2D eigenvalue weighted by molar-refractivity contribution is 4.99. The minimum absolute atomic E-state index is 0.0200. The second kappa shape index (κ2) is 6.21. The van der Waals surface area contributed by atoms with E-state index in [4.69, 9.17) is 9.84 Å². The number of ether oxygens (including phenoxy) is 1. The smallest absolute Gasteiger partial charge is 0.122 e. The Morgan fingerprint density at radius 1 is 1.25 bits per heavy atom. The number of hydrogen-bond donors (Lipinski definition) is 3. The van der Waals surface area contributed by atoms with Crippen molar-refractivity contribution in [1.82, 2.24) is 10.6 Å². The molecule has 2 atom stereocenters. The van der Waals surface area contributed by atoms with Gasteiger partial charge in [-0.2, -0.15) is 0 Å². The van der Waals surface area contributed by atoms with Gasteiger partial charge in [0, 0.05) is 19.1 Å². The van der Waals surface area contributed by atoms with E-state index < -0.39 is 0 Å². The van der Waals surface area contributed by atoms with Gasteiger partial charge in [-0.05, 0) is 5.41 Å². The maximum atomic E-state index is 8.47. The largest absolute Gasteiger partial charge is 0.384 e. The molecule has 0 amide bonds. The van der Waals surface area contributed by atoms with Gasteiger partial charge >= 0.3 is 0 Å². The van der Waals surface area contributed by atoms with Gasteiger partial charge < -0.3 is 15.2 Å². The van der Waals surface area contributed by atoms with Crippen LogP contribution >= 0.6 is 0 Å². The summed E-state index contributed by atoms with van der Waals surface area (Å²) in [6.45, 7) is 8.62. The molecule has 1 aliphatic rings. The summed E-state index contributed by atoms with van der Waals surface area (Å²) < 4.78 is 5.49. The third kappa shape index (κ3) is 4.50. The van der Waals surface area contributed by atoms with Crippen LogP contribution in [0, 0.1) is 17.3 Å². The van der Waals surface area contributed by atoms with Gasteiger partial charge in [-0.15, -0.1) is 0 Å². The first-order chi connectivity index (χ1) is 7.54. The molecular weight excluding hydrogens is 204 g/mol. The molecule has 1 rings (SSSR count). The molecule has 0 bridgehead atoms. The Bertz CT molecular complexity index is 254. The van der Waals surface area contributed by atoms with E-state index in [2.05, 4.69) is 43.2 Å². The van der Waals surface area contributed by atoms with Crippen LogP contribution in [-0.4, -0.2) is 43.7 Å². The number of rotatable bonds is 2. The zero-order chi connectivity index (χ0) is 12.0. The van der Waals surface area contributed by atoms with Crippen LogP contribution in [0.15, 0.2) is 0 Å². The highest BCUT2D eigenvalue weighted by atomic mass is 16.5. The first-order valence-electron chi connectivity index (χ1n) is 5.69. The van der Waals surface area contributed by atoms with Crippen LogP contribution in [0.4, 0.5) is 0 Å². The first kappa shape index (κ1) is 13.5. The molecule has 3 N–H and O–H groups in total. The van der Waals surface area contributed by atoms with E-state index >= 15 is 0 Å². The molecule has 16 heavy (non-hydrogen) atoms. The summed E-state index contributed by atoms with van der Waals surface area (Å²) in [5.41, 5.74) is 0.259. The van der Waals surface area contributed by atoms with E-state index in [1.54, 1.807) is 0 Å². The predicted molar refractivity (Wildman–Crippen MR) is 63.9 cm³/mol. The molecule has 4 nitrogen and oxygen atoms in total. The maximum absolute atomic E-state index is 8.47. The van der Waals surface area contributed by atoms with Crippen molar-refractivity contribution in [3.05, 3.63) is 0 Å². The van der Waals surface area contributed by atoms with Crippen LogP contribution < -0.4 is 10.6 Å². The Morgan fingerprint density at radius 3 is 2.50 bits per heavy atom. The van der Waals surface area contributed by atoms with Gasteiger partial charge in [0.15, 0.2) is 0 Å². The standard InChI is InChI=1S/C12H22N2O2/c1-12(2,3)10-8-14-11(9-13-10)16-7-5-4-6-15/h10-11,13-15H,6-9H2,1-3H3. The van der Waals surface area contributed by atoms with Gasteiger partial charge in [0.1, 0.15) is 19.4 Å². The minimum atomic E-state index is -0.105. The second-order valence-electron chi connectivity index (χ2n) is 5.05. The van der Waals surface area contributed by atoms with Crippen molar-refractivity contribution in [2.45, 2.75) is 33.0 Å². The molecule has 0 saturated carbocycles. The lowest BCUT2D eigenvalue weighted by Crippen LogP contribution is -2.59. The molecule has 1 heterocycles. The van der Waals surface area contributed by atoms with Crippen molar-refractivity contribution in [3.63, 3.8) is 0 Å². The van der Waals surface area contributed by atoms with Gasteiger partial charge in [-0.3, -0.25) is 5.32 Å². The SMILES string of the molecule is CC(C)(C)C1CNC(OCC#CCO)CN1. The molecule has 4 heteroatoms. The van der Waals surface area contributed by atoms with Crippen molar-refractivity contribution in [2.75, 3.05) is 26.3 Å². The molecule has 0 aliphatic carbocycles. The fourth-order valence-electron chi connectivity index (χ4n) is 1.62. The molecule has 0 aromatic carbocycles. The number of piperazine rings is 1. The molecule has 0 spiro atoms. The van der Waals surface area contributed by atoms with Crippen LogP contribution in [0.3, 0.4) is 0 Å². The van der Waals surface area contributed by atoms with Crippen molar-refractivity contribution >= 4 is 0 Å². The third-order valence-corrected chi connectivity index (χ3v) is 2.71. The van der Waals surface area contributed by atoms with Crippen molar-refractivity contribution < 1.29 is 9.84 Å². The molecule has 1 aliphatic heterocycles. The maximum Gasteiger partial charge on any atom is 0.122 e. The number of nitrogens with one attached hydrogen (secondary N) is 2. The Hall–Kier alpha value is -0.600. The normalized spacial score (nSPS) is 26.0. The quantitative estimate of drug-likeness (QED) is 0.577. The van der Waals surface area contributed by atoms with E-state index in [1.807, 2.05) is 0 Å². The van der Waals surface area contributed by atoms with Crippen molar-refractivity contribution in [1.29, 1.82) is 0 Å². The molecular formula is C12H22N2O2. The zero-order valence-corrected chi connectivity index (χ0v) is 10.3. The number of aliphatic hydroxyl groups excluding tert-OH is 1. The zero-order valence-electron chi connectivity index (χ0n) is 10.3. The summed E-state index contributed by atoms with van der Waals surface area (Å²) in [6.07, 6.45) is 0.0200. The van der Waals surface area contributed by atoms with Crippen molar-refractivity contribution in [2.24, 2.45) is 5.41 Å². The monoisotopic (exact) mass is 226 g/mol. The lowest BCUT2D eigenvalue weighted by molar-refractivity contribution is 0.0219. The Labute approximate surface area is 97.8 Å². The summed E-state index contributed by atoms with van der Waals surface area (Å²) in [7, 11) is 0. The molecule has 0 aromatic heterocycles. The third-order valence-electron chi connectivity index (χ3n) is 2.71. The summed E-state index contributed by atoms with van der Waals surface area (Å²) in [4.78, 5) is 0. The molecule has 92 valence electrons. The van der Waals surface area contributed by atoms with Crippen LogP contribution in [0.1, 0.15) is 20.8 Å². The summed E-state index contributed by atoms with van der Waals surface area (Å²) in [5.74, 6) is 5.29. The van der Waals surface area contributed by atoms with Crippen molar-refractivity contribution in [3.8, 4) is 11.8 Å². The van der Waals surface area contributed by atoms with E-state index in [1.165, 1.54) is 0 Å². The lowest BCUT2D eigenvalue weighted by atomic mass is 9.86. The molecule has 0 aromatic rings. The second-order valence-corrected chi connectivity index (χ2v) is 5.05. The Kier molecular flexibility index (Phi) is 5.23. The van der Waals surface area contributed by atoms with Crippen LogP contribution in [-0.2, 0) is 4.74 Å². The van der Waals surface area contributed by atoms with E-state index in [0.717, 1.165) is 13.1 Å². The molecule has 1 saturated heterocycles. The van der Waals surface area contributed by atoms with E-state index in [-0.39, 0.29) is 18.2 Å². The minimum Gasteiger partial charge on any atom is -0.384 e. The highest BCUT2D eigenvalue weighted by Crippen LogP contribution is 2.20. The van der Waals surface area contributed by atoms with Crippen LogP contribution in [0.2, 0.25) is 0 Å². The van der Waals surface area contributed by atoms with E-state index in [9.17, 15) is 0 Å². The Morgan fingerprint density at radius 2 is 2.00 bits per heavy atom. The van der Waals surface area contributed by atoms with Gasteiger partial charge in [-0.1, -0.05) is 32.6 Å². The van der Waals surface area contributed by atoms with Gasteiger partial charge in [0.05, 0.1) is 0 Å². The van der Waals surface area contributed by atoms with Crippen LogP contribution in [0.5, 0.6) is 0 Å². The van der Waals surface area contributed by atoms with Gasteiger partial charge in [-0.25, -0.2) is 0 Å². The van der Waals surface area contributed by atoms with Gasteiger partial charge in [0.2, 0.25) is 0 Å². The lowest BCUT2D eigenvalue weighted by Gasteiger charge is -2.38. The molecule has 2 unspecified atom stereocenters. The highest BCUT2D eigenvalue weighted by Gasteiger charge is 2.28. The topological polar surface area (TPSA) is 53.5 Å². The average molecular weight is 226 g/mol. The van der Waals surface area contributed by atoms with Crippen LogP contribution in [0.25, 0.3) is 0 Å². The van der Waals surface area contributed by atoms with E-state index in [0.29, 0.717) is 12.6 Å². The number of hydrogen-bond acceptors (Lipinski definition) is 4. The fraction of sp³-hybridized carbons (Fsp3) is 0.833. The predicted octanol–water partition coefficient (Wildman–Crippen LogP) is -0.0677. The number of aliphatic hydroxyl groups is 1. The molecule has 0 radical (unpaired) electrons. The average Bonchev–Trinajstić information content (AvgIpc) is 2.24. The first-order valence-corrected chi connectivity index (χ1v) is 5.69. The summed E-state index contributed by atoms with van der Waals surface area (Å²) >= 11 is 0. The Balaban J connectivity index is 2.22. The summed E-state index contributed by atoms with van der Waals surface area (Å²) in [5, 5.41) is 15.3. The fourth-order valence-corrected chi connectivity index (χ4v) is 1.62. The summed E-state index contributed by atoms with van der Waals surface area (Å²) in [6, 6.07) is 0.468. The molecule has 1 fully saturated rings.